The van der Waals surface area contributed by atoms with Gasteiger partial charge in [0, 0.05) is 18.1 Å². The Morgan fingerprint density at radius 2 is 2.17 bits per heavy atom. The van der Waals surface area contributed by atoms with Gasteiger partial charge in [-0.15, -0.1) is 6.58 Å². The molecule has 0 saturated heterocycles. The lowest BCUT2D eigenvalue weighted by Crippen LogP contribution is -2.25. The predicted molar refractivity (Wildman–Crippen MR) is 92.6 cm³/mol. The van der Waals surface area contributed by atoms with Crippen molar-refractivity contribution in [3.8, 4) is 0 Å². The van der Waals surface area contributed by atoms with Gasteiger partial charge in [0.25, 0.3) is 0 Å². The fraction of sp³-hybridized carbons (Fsp3) is 0.250. The number of amides is 1. The number of benzene rings is 1. The van der Waals surface area contributed by atoms with Crippen molar-refractivity contribution in [3.05, 3.63) is 59.4 Å². The van der Waals surface area contributed by atoms with Crippen molar-refractivity contribution in [3.63, 3.8) is 0 Å². The number of hydrogen-bond donors (Lipinski definition) is 2. The highest BCUT2D eigenvalue weighted by molar-refractivity contribution is 7.99. The van der Waals surface area contributed by atoms with Crippen LogP contribution < -0.4 is 5.32 Å². The van der Waals surface area contributed by atoms with Gasteiger partial charge in [-0.2, -0.15) is 0 Å². The predicted octanol–water partition coefficient (Wildman–Crippen LogP) is 2.47. The molecular formula is C16H18ClN3O2S. The lowest BCUT2D eigenvalue weighted by atomic mass is 10.2. The van der Waals surface area contributed by atoms with Crippen LogP contribution in [0.1, 0.15) is 11.3 Å². The Morgan fingerprint density at radius 3 is 2.83 bits per heavy atom. The number of halogens is 1. The van der Waals surface area contributed by atoms with Crippen molar-refractivity contribution < 1.29 is 9.90 Å². The molecule has 1 heterocycles. The number of carbonyl (C=O) groups is 1. The molecule has 0 bridgehead atoms. The average Bonchev–Trinajstić information content (AvgIpc) is 2.95. The number of nitrogens with one attached hydrogen (secondary N) is 1. The lowest BCUT2D eigenvalue weighted by Gasteiger charge is -2.11. The number of aromatic nitrogens is 2. The lowest BCUT2D eigenvalue weighted by molar-refractivity contribution is -0.118. The van der Waals surface area contributed by atoms with E-state index >= 15 is 0 Å². The zero-order valence-corrected chi connectivity index (χ0v) is 14.1. The smallest absolute Gasteiger partial charge is 0.230 e. The normalized spacial score (nSPS) is 10.5. The number of aliphatic hydroxyl groups is 1. The Bertz CT molecular complexity index is 670. The van der Waals surface area contributed by atoms with Crippen LogP contribution in [-0.4, -0.2) is 32.9 Å². The van der Waals surface area contributed by atoms with Gasteiger partial charge in [-0.3, -0.25) is 4.79 Å². The Hall–Kier alpha value is -1.76. The Balaban J connectivity index is 2.08. The molecule has 0 aliphatic carbocycles. The molecule has 0 spiro atoms. The second kappa shape index (κ2) is 8.76. The fourth-order valence-electron chi connectivity index (χ4n) is 1.94. The van der Waals surface area contributed by atoms with E-state index in [9.17, 15) is 9.90 Å². The van der Waals surface area contributed by atoms with E-state index in [2.05, 4.69) is 16.9 Å². The van der Waals surface area contributed by atoms with Gasteiger partial charge >= 0.3 is 0 Å². The monoisotopic (exact) mass is 351 g/mol. The van der Waals surface area contributed by atoms with Crippen molar-refractivity contribution in [2.45, 2.75) is 18.3 Å². The molecule has 0 saturated carbocycles. The number of aliphatic hydroxyl groups excluding tert-OH is 1. The highest BCUT2D eigenvalue weighted by Gasteiger charge is 2.12. The summed E-state index contributed by atoms with van der Waals surface area (Å²) in [6.45, 7) is 4.45. The summed E-state index contributed by atoms with van der Waals surface area (Å²) in [4.78, 5) is 16.0. The van der Waals surface area contributed by atoms with Crippen LogP contribution in [0, 0.1) is 0 Å². The van der Waals surface area contributed by atoms with Crippen LogP contribution in [0.5, 0.6) is 0 Å². The average molecular weight is 352 g/mol. The van der Waals surface area contributed by atoms with E-state index in [1.165, 1.54) is 11.8 Å². The van der Waals surface area contributed by atoms with E-state index in [0.717, 1.165) is 5.56 Å². The molecule has 1 aromatic heterocycles. The molecule has 5 nitrogen and oxygen atoms in total. The van der Waals surface area contributed by atoms with Gasteiger partial charge in [-0.05, 0) is 17.7 Å². The molecule has 2 N–H and O–H groups in total. The second-order valence-electron chi connectivity index (χ2n) is 4.78. The minimum atomic E-state index is -0.107. The van der Waals surface area contributed by atoms with E-state index in [0.29, 0.717) is 29.0 Å². The molecule has 0 aliphatic heterocycles. The van der Waals surface area contributed by atoms with Crippen molar-refractivity contribution in [1.29, 1.82) is 0 Å². The molecular weight excluding hydrogens is 334 g/mol. The van der Waals surface area contributed by atoms with Crippen molar-refractivity contribution in [1.82, 2.24) is 14.9 Å². The van der Waals surface area contributed by atoms with Crippen molar-refractivity contribution >= 4 is 29.3 Å². The van der Waals surface area contributed by atoms with Gasteiger partial charge in [0.15, 0.2) is 5.16 Å². The summed E-state index contributed by atoms with van der Waals surface area (Å²) >= 11 is 7.23. The van der Waals surface area contributed by atoms with Crippen LogP contribution in [0.3, 0.4) is 0 Å². The van der Waals surface area contributed by atoms with Gasteiger partial charge < -0.3 is 15.0 Å². The number of thioether (sulfide) groups is 1. The quantitative estimate of drug-likeness (QED) is 0.566. The van der Waals surface area contributed by atoms with E-state index in [4.69, 9.17) is 11.6 Å². The minimum absolute atomic E-state index is 0.0820. The van der Waals surface area contributed by atoms with Gasteiger partial charge in [0.05, 0.1) is 24.3 Å². The summed E-state index contributed by atoms with van der Waals surface area (Å²) < 4.78 is 1.90. The molecule has 2 aromatic rings. The molecule has 1 aromatic carbocycles. The number of carbonyl (C=O) groups excluding carboxylic acids is 1. The van der Waals surface area contributed by atoms with Crippen LogP contribution in [-0.2, 0) is 17.9 Å². The standard InChI is InChI=1S/C16H18ClN3O2S/c1-2-7-18-15(22)11-23-16-19-8-14(10-21)20(16)9-12-3-5-13(17)6-4-12/h2-6,8,21H,1,7,9-11H2,(H,18,22). The van der Waals surface area contributed by atoms with Crippen LogP contribution in [0.25, 0.3) is 0 Å². The maximum atomic E-state index is 11.7. The fourth-order valence-corrected chi connectivity index (χ4v) is 2.90. The van der Waals surface area contributed by atoms with E-state index in [-0.39, 0.29) is 18.3 Å². The first-order valence-electron chi connectivity index (χ1n) is 7.04. The SMILES string of the molecule is C=CCNC(=O)CSc1ncc(CO)n1Cc1ccc(Cl)cc1. The summed E-state index contributed by atoms with van der Waals surface area (Å²) in [5.41, 5.74) is 1.74. The minimum Gasteiger partial charge on any atom is -0.390 e. The van der Waals surface area contributed by atoms with E-state index < -0.39 is 0 Å². The number of hydrogen-bond acceptors (Lipinski definition) is 4. The van der Waals surface area contributed by atoms with E-state index in [1.54, 1.807) is 12.3 Å². The Morgan fingerprint density at radius 1 is 1.43 bits per heavy atom. The second-order valence-corrected chi connectivity index (χ2v) is 6.16. The van der Waals surface area contributed by atoms with Crippen molar-refractivity contribution in [2.75, 3.05) is 12.3 Å². The third-order valence-electron chi connectivity index (χ3n) is 3.09. The Labute approximate surface area is 144 Å². The van der Waals surface area contributed by atoms with E-state index in [1.807, 2.05) is 28.8 Å². The van der Waals surface area contributed by atoms with Gasteiger partial charge in [0.2, 0.25) is 5.91 Å². The number of nitrogens with zero attached hydrogens (tertiary/aromatic N) is 2. The van der Waals surface area contributed by atoms with Gasteiger partial charge in [0.1, 0.15) is 0 Å². The third kappa shape index (κ3) is 5.13. The van der Waals surface area contributed by atoms with Gasteiger partial charge in [-0.1, -0.05) is 41.6 Å². The summed E-state index contributed by atoms with van der Waals surface area (Å²) in [5, 5.41) is 13.6. The largest absolute Gasteiger partial charge is 0.390 e. The maximum absolute atomic E-state index is 11.7. The number of imidazole rings is 1. The molecule has 0 aliphatic rings. The molecule has 2 rings (SSSR count). The molecule has 0 atom stereocenters. The highest BCUT2D eigenvalue weighted by atomic mass is 35.5. The van der Waals surface area contributed by atoms with Crippen LogP contribution in [0.15, 0.2) is 48.3 Å². The Kier molecular flexibility index (Phi) is 6.70. The van der Waals surface area contributed by atoms with Gasteiger partial charge in [-0.25, -0.2) is 4.98 Å². The molecule has 23 heavy (non-hydrogen) atoms. The summed E-state index contributed by atoms with van der Waals surface area (Å²) in [5.74, 6) is 0.178. The molecule has 0 unspecified atom stereocenters. The first kappa shape index (κ1) is 17.6. The van der Waals surface area contributed by atoms with Crippen LogP contribution in [0.2, 0.25) is 5.02 Å². The zero-order chi connectivity index (χ0) is 16.7. The summed E-state index contributed by atoms with van der Waals surface area (Å²) in [7, 11) is 0. The molecule has 0 radical (unpaired) electrons. The highest BCUT2D eigenvalue weighted by Crippen LogP contribution is 2.21. The topological polar surface area (TPSA) is 67.2 Å². The third-order valence-corrected chi connectivity index (χ3v) is 4.34. The number of rotatable bonds is 8. The summed E-state index contributed by atoms with van der Waals surface area (Å²) in [6.07, 6.45) is 3.26. The molecule has 1 amide bonds. The first-order valence-corrected chi connectivity index (χ1v) is 8.40. The molecule has 0 fully saturated rings. The van der Waals surface area contributed by atoms with Crippen LogP contribution >= 0.6 is 23.4 Å². The molecule has 122 valence electrons. The summed E-state index contributed by atoms with van der Waals surface area (Å²) in [6, 6.07) is 7.49. The first-order chi connectivity index (χ1) is 11.1. The van der Waals surface area contributed by atoms with Crippen LogP contribution in [0.4, 0.5) is 0 Å². The molecule has 7 heteroatoms. The zero-order valence-electron chi connectivity index (χ0n) is 12.5. The van der Waals surface area contributed by atoms with Crippen molar-refractivity contribution in [2.24, 2.45) is 0 Å². The maximum Gasteiger partial charge on any atom is 0.230 e.